The van der Waals surface area contributed by atoms with Crippen LogP contribution in [-0.4, -0.2) is 181 Å². The Morgan fingerprint density at radius 1 is 0.575 bits per heavy atom. The first kappa shape index (κ1) is 35.5. The van der Waals surface area contributed by atoms with E-state index in [0.29, 0.717) is 0 Å². The lowest BCUT2D eigenvalue weighted by Crippen LogP contribution is -2.64. The zero-order chi connectivity index (χ0) is 30.3. The minimum atomic E-state index is -1.69. The molecule has 7 unspecified atom stereocenters. The van der Waals surface area contributed by atoms with Gasteiger partial charge in [-0.25, -0.2) is 0 Å². The monoisotopic (exact) mass is 592 g/mol. The molecule has 0 amide bonds. The Bertz CT molecular complexity index is 713. The second-order valence-electron chi connectivity index (χ2n) is 9.79. The van der Waals surface area contributed by atoms with Crippen molar-refractivity contribution in [2.75, 3.05) is 26.9 Å². The molecule has 0 aliphatic carbocycles. The molecule has 11 N–H and O–H groups in total. The summed E-state index contributed by atoms with van der Waals surface area (Å²) in [5.74, 6) is 0. The predicted molar refractivity (Wildman–Crippen MR) is 128 cm³/mol. The van der Waals surface area contributed by atoms with Gasteiger partial charge in [-0.2, -0.15) is 0 Å². The summed E-state index contributed by atoms with van der Waals surface area (Å²) in [6.45, 7) is 2.04. The van der Waals surface area contributed by atoms with Gasteiger partial charge in [-0.1, -0.05) is 6.92 Å². The predicted octanol–water partition coefficient (Wildman–Crippen LogP) is -6.14. The van der Waals surface area contributed by atoms with Gasteiger partial charge in [-0.05, 0) is 13.3 Å². The van der Waals surface area contributed by atoms with E-state index < -0.39 is 112 Å². The smallest absolute Gasteiger partial charge is 0.187 e. The van der Waals surface area contributed by atoms with Crippen LogP contribution in [-0.2, 0) is 28.4 Å². The van der Waals surface area contributed by atoms with Crippen molar-refractivity contribution in [1.29, 1.82) is 0 Å². The molecule has 238 valence electrons. The molecule has 0 spiro atoms. The van der Waals surface area contributed by atoms with Crippen LogP contribution in [0.3, 0.4) is 0 Å². The highest BCUT2D eigenvalue weighted by molar-refractivity contribution is 4.94. The molecule has 0 aromatic heterocycles. The van der Waals surface area contributed by atoms with Crippen molar-refractivity contribution in [3.8, 4) is 0 Å². The quantitative estimate of drug-likeness (QED) is 0.119. The molecule has 3 heterocycles. The molecule has 0 saturated carbocycles. The average Bonchev–Trinajstić information content (AvgIpc) is 2.96. The van der Waals surface area contributed by atoms with Crippen molar-refractivity contribution in [3.63, 3.8) is 0 Å². The fraction of sp³-hybridized carbons (Fsp3) is 1.00. The number of aliphatic hydroxyl groups is 11. The Morgan fingerprint density at radius 2 is 1.00 bits per heavy atom. The van der Waals surface area contributed by atoms with Crippen LogP contribution in [0.25, 0.3) is 0 Å². The first-order valence-corrected chi connectivity index (χ1v) is 12.9. The summed E-state index contributed by atoms with van der Waals surface area (Å²) in [4.78, 5) is 0. The molecule has 16 atom stereocenters. The van der Waals surface area contributed by atoms with Crippen LogP contribution in [0.5, 0.6) is 0 Å². The maximum atomic E-state index is 10.2. The minimum absolute atomic E-state index is 0.138. The summed E-state index contributed by atoms with van der Waals surface area (Å²) in [7, 11) is 1.24. The van der Waals surface area contributed by atoms with Crippen LogP contribution in [0.15, 0.2) is 0 Å². The number of ether oxygens (including phenoxy) is 6. The second-order valence-corrected chi connectivity index (χ2v) is 9.79. The maximum absolute atomic E-state index is 10.2. The summed E-state index contributed by atoms with van der Waals surface area (Å²) >= 11 is 0. The van der Waals surface area contributed by atoms with Gasteiger partial charge in [0.05, 0.1) is 25.9 Å². The number of hydrogen-bond donors (Lipinski definition) is 11. The molecule has 3 rings (SSSR count). The summed E-state index contributed by atoms with van der Waals surface area (Å²) in [6.07, 6.45) is -19.7. The largest absolute Gasteiger partial charge is 0.394 e. The molecule has 3 saturated heterocycles. The fourth-order valence-electron chi connectivity index (χ4n) is 4.26. The highest BCUT2D eigenvalue weighted by atomic mass is 16.7. The van der Waals surface area contributed by atoms with Crippen LogP contribution in [0.2, 0.25) is 0 Å². The summed E-state index contributed by atoms with van der Waals surface area (Å²) in [6, 6.07) is 0. The maximum Gasteiger partial charge on any atom is 0.187 e. The van der Waals surface area contributed by atoms with Crippen LogP contribution in [0.4, 0.5) is 0 Å². The SMILES string of the molecule is CCC(C)O[C@H]1OC(CO)[C@@H](O)C(O)[C@@H]1O.CO[C@H]1OC(CO)[C@@H](O[C@H]2OC(CO)[C@@H](O)C(O)[C@H]2O)C(O)[C@@H]1O. The van der Waals surface area contributed by atoms with E-state index in [1.807, 2.05) is 6.92 Å². The summed E-state index contributed by atoms with van der Waals surface area (Å²) in [5.41, 5.74) is 0. The Labute approximate surface area is 230 Å². The van der Waals surface area contributed by atoms with Crippen molar-refractivity contribution in [2.24, 2.45) is 0 Å². The first-order chi connectivity index (χ1) is 18.9. The molecule has 3 fully saturated rings. The molecule has 40 heavy (non-hydrogen) atoms. The van der Waals surface area contributed by atoms with E-state index >= 15 is 0 Å². The summed E-state index contributed by atoms with van der Waals surface area (Å²) < 4.78 is 31.2. The second kappa shape index (κ2) is 16.2. The van der Waals surface area contributed by atoms with E-state index in [0.717, 1.165) is 6.42 Å². The van der Waals surface area contributed by atoms with E-state index in [-0.39, 0.29) is 6.10 Å². The van der Waals surface area contributed by atoms with Gasteiger partial charge in [0, 0.05) is 7.11 Å². The van der Waals surface area contributed by atoms with Crippen molar-refractivity contribution in [3.05, 3.63) is 0 Å². The fourth-order valence-corrected chi connectivity index (χ4v) is 4.26. The Kier molecular flexibility index (Phi) is 14.4. The third kappa shape index (κ3) is 8.23. The van der Waals surface area contributed by atoms with Gasteiger partial charge in [0.1, 0.15) is 73.2 Å². The topological polar surface area (TPSA) is 278 Å². The molecule has 3 aliphatic rings. The van der Waals surface area contributed by atoms with E-state index in [9.17, 15) is 46.0 Å². The molecule has 17 nitrogen and oxygen atoms in total. The number of rotatable bonds is 9. The lowest BCUT2D eigenvalue weighted by molar-refractivity contribution is -0.357. The molecule has 0 aromatic carbocycles. The van der Waals surface area contributed by atoms with Crippen molar-refractivity contribution in [1.82, 2.24) is 0 Å². The summed E-state index contributed by atoms with van der Waals surface area (Å²) in [5, 5.41) is 106. The van der Waals surface area contributed by atoms with E-state index in [4.69, 9.17) is 38.6 Å². The van der Waals surface area contributed by atoms with Gasteiger partial charge in [0.15, 0.2) is 18.9 Å². The first-order valence-electron chi connectivity index (χ1n) is 12.9. The van der Waals surface area contributed by atoms with Gasteiger partial charge in [0.2, 0.25) is 0 Å². The molecule has 3 aliphatic heterocycles. The number of methoxy groups -OCH3 is 1. The standard InChI is InChI=1S/C13H24O11.C10H20O6/c1-21-12-10(20)8(18)11(5(3-15)23-12)24-13-9(19)7(17)6(16)4(2-14)22-13;1-3-5(2)15-10-9(14)8(13)7(12)6(4-11)16-10/h4-20H,2-3H2,1H3;5-14H,3-4H2,1-2H3/t4?,5?,6-,7?,8?,9-,10+,11-,12+,13-;5?,6?,7-,8?,9+,10+/m11/s1. The Hall–Kier alpha value is -0.680. The van der Waals surface area contributed by atoms with E-state index in [2.05, 4.69) is 0 Å². The normalized spacial score (nSPS) is 46.8. The van der Waals surface area contributed by atoms with Crippen LogP contribution in [0, 0.1) is 0 Å². The highest BCUT2D eigenvalue weighted by Gasteiger charge is 2.50. The van der Waals surface area contributed by atoms with Gasteiger partial charge in [-0.3, -0.25) is 0 Å². The molecule has 17 heteroatoms. The molecule has 0 aromatic rings. The molecular formula is C23H44O17. The Morgan fingerprint density at radius 3 is 1.45 bits per heavy atom. The van der Waals surface area contributed by atoms with Gasteiger partial charge in [0.25, 0.3) is 0 Å². The third-order valence-corrected chi connectivity index (χ3v) is 6.98. The van der Waals surface area contributed by atoms with Crippen molar-refractivity contribution < 1.29 is 84.6 Å². The zero-order valence-electron chi connectivity index (χ0n) is 22.4. The lowest BCUT2D eigenvalue weighted by atomic mass is 9.97. The van der Waals surface area contributed by atoms with Crippen LogP contribution < -0.4 is 0 Å². The lowest BCUT2D eigenvalue weighted by Gasteiger charge is -2.45. The van der Waals surface area contributed by atoms with E-state index in [1.54, 1.807) is 6.92 Å². The zero-order valence-corrected chi connectivity index (χ0v) is 22.4. The van der Waals surface area contributed by atoms with E-state index in [1.165, 1.54) is 7.11 Å². The van der Waals surface area contributed by atoms with Gasteiger partial charge in [-0.15, -0.1) is 0 Å². The average molecular weight is 593 g/mol. The third-order valence-electron chi connectivity index (χ3n) is 6.98. The van der Waals surface area contributed by atoms with Gasteiger partial charge < -0.3 is 84.6 Å². The van der Waals surface area contributed by atoms with Crippen molar-refractivity contribution in [2.45, 2.75) is 118 Å². The van der Waals surface area contributed by atoms with Crippen molar-refractivity contribution >= 4 is 0 Å². The Balaban J connectivity index is 0.000000305. The van der Waals surface area contributed by atoms with Gasteiger partial charge >= 0.3 is 0 Å². The highest BCUT2D eigenvalue weighted by Crippen LogP contribution is 2.29. The molecular weight excluding hydrogens is 548 g/mol. The van der Waals surface area contributed by atoms with Crippen LogP contribution in [0.1, 0.15) is 20.3 Å². The molecule has 0 radical (unpaired) electrons. The molecule has 0 bridgehead atoms. The number of aliphatic hydroxyl groups excluding tert-OH is 11. The van der Waals surface area contributed by atoms with Crippen LogP contribution >= 0.6 is 0 Å². The minimum Gasteiger partial charge on any atom is -0.394 e. The number of hydrogen-bond acceptors (Lipinski definition) is 17.